The Morgan fingerprint density at radius 2 is 1.78 bits per heavy atom. The van der Waals surface area contributed by atoms with Gasteiger partial charge in [0.25, 0.3) is 0 Å². The Bertz CT molecular complexity index is 479. The van der Waals surface area contributed by atoms with Crippen LogP contribution in [0.2, 0.25) is 0 Å². The van der Waals surface area contributed by atoms with Crippen LogP contribution in [0.25, 0.3) is 0 Å². The summed E-state index contributed by atoms with van der Waals surface area (Å²) in [4.78, 5) is 0. The summed E-state index contributed by atoms with van der Waals surface area (Å²) in [6.07, 6.45) is 2.36. The highest BCUT2D eigenvalue weighted by Gasteiger charge is 2.30. The molecule has 23 heavy (non-hydrogen) atoms. The van der Waals surface area contributed by atoms with Crippen LogP contribution in [0, 0.1) is 5.92 Å². The number of rotatable bonds is 6. The summed E-state index contributed by atoms with van der Waals surface area (Å²) in [6, 6.07) is 9.43. The third-order valence-corrected chi connectivity index (χ3v) is 4.39. The van der Waals surface area contributed by atoms with E-state index in [1.54, 1.807) is 0 Å². The minimum Gasteiger partial charge on any atom is -0.491 e. The van der Waals surface area contributed by atoms with Gasteiger partial charge in [0, 0.05) is 18.7 Å². The van der Waals surface area contributed by atoms with Gasteiger partial charge in [-0.05, 0) is 64.2 Å². The van der Waals surface area contributed by atoms with Gasteiger partial charge in [0.15, 0.2) is 0 Å². The van der Waals surface area contributed by atoms with E-state index in [4.69, 9.17) is 9.47 Å². The molecule has 0 aliphatic carbocycles. The van der Waals surface area contributed by atoms with Crippen LogP contribution in [-0.4, -0.2) is 24.4 Å². The van der Waals surface area contributed by atoms with Crippen LogP contribution in [0.15, 0.2) is 24.3 Å². The minimum absolute atomic E-state index is 0.0214. The Hall–Kier alpha value is -1.06. The lowest BCUT2D eigenvalue weighted by Crippen LogP contribution is -2.45. The van der Waals surface area contributed by atoms with E-state index >= 15 is 0 Å². The highest BCUT2D eigenvalue weighted by molar-refractivity contribution is 5.29. The predicted molar refractivity (Wildman–Crippen MR) is 96.0 cm³/mol. The Labute approximate surface area is 141 Å². The smallest absolute Gasteiger partial charge is 0.119 e. The van der Waals surface area contributed by atoms with Gasteiger partial charge in [0.2, 0.25) is 0 Å². The Balaban J connectivity index is 2.06. The van der Waals surface area contributed by atoms with Crippen LogP contribution in [0.4, 0.5) is 0 Å². The molecule has 3 nitrogen and oxygen atoms in total. The van der Waals surface area contributed by atoms with Gasteiger partial charge >= 0.3 is 0 Å². The van der Waals surface area contributed by atoms with Crippen molar-refractivity contribution in [2.45, 2.75) is 78.2 Å². The molecule has 0 bridgehead atoms. The molecule has 2 atom stereocenters. The topological polar surface area (TPSA) is 30.5 Å². The maximum Gasteiger partial charge on any atom is 0.119 e. The van der Waals surface area contributed by atoms with Gasteiger partial charge in [-0.25, -0.2) is 0 Å². The first-order valence-electron chi connectivity index (χ1n) is 8.93. The lowest BCUT2D eigenvalue weighted by Gasteiger charge is -2.38. The number of hydrogen-bond acceptors (Lipinski definition) is 3. The molecular formula is C20H33NO2. The molecule has 1 aromatic rings. The number of hydrogen-bond donors (Lipinski definition) is 1. The Morgan fingerprint density at radius 3 is 2.30 bits per heavy atom. The van der Waals surface area contributed by atoms with Gasteiger partial charge in [0.05, 0.1) is 11.7 Å². The molecule has 1 N–H and O–H groups in total. The van der Waals surface area contributed by atoms with Crippen molar-refractivity contribution in [3.05, 3.63) is 29.8 Å². The van der Waals surface area contributed by atoms with E-state index in [2.05, 4.69) is 71.1 Å². The number of nitrogens with one attached hydrogen (secondary N) is 1. The molecule has 130 valence electrons. The third kappa shape index (κ3) is 5.50. The molecule has 1 heterocycles. The van der Waals surface area contributed by atoms with Crippen LogP contribution in [0.5, 0.6) is 5.75 Å². The summed E-state index contributed by atoms with van der Waals surface area (Å²) in [6.45, 7) is 13.9. The highest BCUT2D eigenvalue weighted by Crippen LogP contribution is 2.29. The van der Waals surface area contributed by atoms with Crippen LogP contribution in [-0.2, 0) is 4.74 Å². The van der Waals surface area contributed by atoms with E-state index in [1.807, 2.05) is 0 Å². The SMILES string of the molecule is CC(C)Oc1ccc(C(NC2CCOC(C)(C)C2)C(C)C)cc1. The summed E-state index contributed by atoms with van der Waals surface area (Å²) in [5.74, 6) is 1.48. The highest BCUT2D eigenvalue weighted by atomic mass is 16.5. The van der Waals surface area contributed by atoms with Gasteiger partial charge in [-0.3, -0.25) is 0 Å². The molecule has 0 saturated carbocycles. The van der Waals surface area contributed by atoms with Crippen molar-refractivity contribution in [2.24, 2.45) is 5.92 Å². The Kier molecular flexibility index (Phi) is 6.10. The van der Waals surface area contributed by atoms with Crippen molar-refractivity contribution >= 4 is 0 Å². The molecule has 3 heteroatoms. The van der Waals surface area contributed by atoms with E-state index < -0.39 is 0 Å². The standard InChI is InChI=1S/C20H33NO2/c1-14(2)19(21-17-11-12-22-20(5,6)13-17)16-7-9-18(10-8-16)23-15(3)4/h7-10,14-15,17,19,21H,11-13H2,1-6H3. The maximum absolute atomic E-state index is 5.84. The van der Waals surface area contributed by atoms with Crippen LogP contribution in [0.1, 0.15) is 66.0 Å². The molecule has 2 rings (SSSR count). The fourth-order valence-electron chi connectivity index (χ4n) is 3.33. The molecule has 2 unspecified atom stereocenters. The van der Waals surface area contributed by atoms with E-state index in [1.165, 1.54) is 5.56 Å². The molecule has 1 fully saturated rings. The largest absolute Gasteiger partial charge is 0.491 e. The van der Waals surface area contributed by atoms with Crippen molar-refractivity contribution < 1.29 is 9.47 Å². The molecule has 1 aromatic carbocycles. The molecule has 1 aliphatic heterocycles. The van der Waals surface area contributed by atoms with E-state index in [0.29, 0.717) is 18.0 Å². The Morgan fingerprint density at radius 1 is 1.13 bits per heavy atom. The van der Waals surface area contributed by atoms with Gasteiger partial charge in [0.1, 0.15) is 5.75 Å². The van der Waals surface area contributed by atoms with Crippen molar-refractivity contribution in [2.75, 3.05) is 6.61 Å². The molecule has 1 aliphatic rings. The summed E-state index contributed by atoms with van der Waals surface area (Å²) < 4.78 is 11.6. The summed E-state index contributed by atoms with van der Waals surface area (Å²) in [5, 5.41) is 3.87. The lowest BCUT2D eigenvalue weighted by atomic mass is 9.90. The summed E-state index contributed by atoms with van der Waals surface area (Å²) >= 11 is 0. The monoisotopic (exact) mass is 319 g/mol. The van der Waals surface area contributed by atoms with Crippen molar-refractivity contribution in [1.29, 1.82) is 0 Å². The van der Waals surface area contributed by atoms with Gasteiger partial charge in [-0.15, -0.1) is 0 Å². The quantitative estimate of drug-likeness (QED) is 0.823. The number of ether oxygens (including phenoxy) is 2. The normalized spacial score (nSPS) is 22.3. The molecule has 0 radical (unpaired) electrons. The third-order valence-electron chi connectivity index (χ3n) is 4.39. The number of benzene rings is 1. The minimum atomic E-state index is -0.0214. The molecule has 0 aromatic heterocycles. The fraction of sp³-hybridized carbons (Fsp3) is 0.700. The van der Waals surface area contributed by atoms with Crippen LogP contribution in [0.3, 0.4) is 0 Å². The second-order valence-corrected chi connectivity index (χ2v) is 7.92. The first-order valence-corrected chi connectivity index (χ1v) is 8.93. The first-order chi connectivity index (χ1) is 10.8. The molecular weight excluding hydrogens is 286 g/mol. The zero-order chi connectivity index (χ0) is 17.0. The van der Waals surface area contributed by atoms with Gasteiger partial charge < -0.3 is 14.8 Å². The van der Waals surface area contributed by atoms with Crippen LogP contribution < -0.4 is 10.1 Å². The molecule has 1 saturated heterocycles. The van der Waals surface area contributed by atoms with E-state index in [0.717, 1.165) is 25.2 Å². The fourth-order valence-corrected chi connectivity index (χ4v) is 3.33. The van der Waals surface area contributed by atoms with E-state index in [9.17, 15) is 0 Å². The predicted octanol–water partition coefficient (Wildman–Crippen LogP) is 4.72. The zero-order valence-corrected chi connectivity index (χ0v) is 15.6. The maximum atomic E-state index is 5.84. The lowest BCUT2D eigenvalue weighted by molar-refractivity contribution is -0.0648. The summed E-state index contributed by atoms with van der Waals surface area (Å²) in [5.41, 5.74) is 1.31. The van der Waals surface area contributed by atoms with Crippen LogP contribution >= 0.6 is 0 Å². The van der Waals surface area contributed by atoms with Crippen molar-refractivity contribution in [1.82, 2.24) is 5.32 Å². The first kappa shape index (κ1) is 18.3. The van der Waals surface area contributed by atoms with Crippen molar-refractivity contribution in [3.8, 4) is 5.75 Å². The van der Waals surface area contributed by atoms with Crippen molar-refractivity contribution in [3.63, 3.8) is 0 Å². The molecule has 0 spiro atoms. The van der Waals surface area contributed by atoms with Gasteiger partial charge in [-0.1, -0.05) is 26.0 Å². The van der Waals surface area contributed by atoms with Gasteiger partial charge in [-0.2, -0.15) is 0 Å². The molecule has 0 amide bonds. The average molecular weight is 319 g/mol. The van der Waals surface area contributed by atoms with E-state index in [-0.39, 0.29) is 11.7 Å². The second-order valence-electron chi connectivity index (χ2n) is 7.92. The summed E-state index contributed by atoms with van der Waals surface area (Å²) in [7, 11) is 0. The average Bonchev–Trinajstić information content (AvgIpc) is 2.44. The zero-order valence-electron chi connectivity index (χ0n) is 15.6. The second kappa shape index (κ2) is 7.67.